The van der Waals surface area contributed by atoms with Gasteiger partial charge in [0.05, 0.1) is 18.2 Å². The van der Waals surface area contributed by atoms with Crippen LogP contribution in [0.2, 0.25) is 0 Å². The number of amides is 2. The number of likely N-dealkylation sites (tertiary alicyclic amines) is 1. The Kier molecular flexibility index (Phi) is 6.25. The lowest BCUT2D eigenvalue weighted by atomic mass is 10.1. The number of thioether (sulfide) groups is 1. The summed E-state index contributed by atoms with van der Waals surface area (Å²) in [5, 5.41) is 8.34. The third-order valence-corrected chi connectivity index (χ3v) is 5.66. The highest BCUT2D eigenvalue weighted by Crippen LogP contribution is 2.31. The Morgan fingerprint density at radius 1 is 1.38 bits per heavy atom. The van der Waals surface area contributed by atoms with E-state index in [4.69, 9.17) is 0 Å². The molecule has 0 saturated carbocycles. The van der Waals surface area contributed by atoms with E-state index >= 15 is 0 Å². The zero-order valence-corrected chi connectivity index (χ0v) is 15.8. The van der Waals surface area contributed by atoms with Crippen molar-refractivity contribution in [1.82, 2.24) is 9.97 Å². The summed E-state index contributed by atoms with van der Waals surface area (Å²) in [6.07, 6.45) is 1.14. The van der Waals surface area contributed by atoms with E-state index in [0.717, 1.165) is 11.8 Å². The van der Waals surface area contributed by atoms with Crippen molar-refractivity contribution in [3.8, 4) is 0 Å². The molecule has 1 aromatic rings. The van der Waals surface area contributed by atoms with E-state index < -0.39 is 27.5 Å². The standard InChI is InChI=1S/C17H21N3O5S/c1-10-5-4-8-20(10,17(24)25)15(22)9-14(26-12(3)21)16(23)13-6-7-18-11(2)19-13/h6-7,10,14H,4-5,8-9H2,1-3H3/p+1/t10-,14?,20?/m1/s1. The average molecular weight is 380 g/mol. The molecule has 1 saturated heterocycles. The number of quaternary nitrogens is 1. The molecule has 0 aromatic carbocycles. The van der Waals surface area contributed by atoms with Crippen molar-refractivity contribution in [2.75, 3.05) is 6.54 Å². The number of rotatable bonds is 5. The molecule has 1 N–H and O–H groups in total. The van der Waals surface area contributed by atoms with E-state index in [1.165, 1.54) is 19.2 Å². The Balaban J connectivity index is 2.30. The third-order valence-electron chi connectivity index (χ3n) is 4.66. The summed E-state index contributed by atoms with van der Waals surface area (Å²) in [7, 11) is 0. The molecule has 0 aliphatic carbocycles. The number of hydrogen-bond acceptors (Lipinski definition) is 7. The number of imide groups is 1. The maximum Gasteiger partial charge on any atom is 0.521 e. The molecular weight excluding hydrogens is 358 g/mol. The fourth-order valence-corrected chi connectivity index (χ4v) is 4.16. The fourth-order valence-electron chi connectivity index (χ4n) is 3.31. The first-order valence-electron chi connectivity index (χ1n) is 8.34. The molecule has 1 aliphatic heterocycles. The molecule has 2 amide bonds. The van der Waals surface area contributed by atoms with Gasteiger partial charge in [0.25, 0.3) is 0 Å². The quantitative estimate of drug-likeness (QED) is 0.611. The molecule has 0 radical (unpaired) electrons. The third kappa shape index (κ3) is 3.99. The molecule has 0 spiro atoms. The van der Waals surface area contributed by atoms with Crippen LogP contribution < -0.4 is 0 Å². The van der Waals surface area contributed by atoms with Gasteiger partial charge >= 0.3 is 12.0 Å². The second-order valence-electron chi connectivity index (χ2n) is 6.42. The monoisotopic (exact) mass is 380 g/mol. The first kappa shape index (κ1) is 20.2. The Labute approximate surface area is 155 Å². The lowest BCUT2D eigenvalue weighted by molar-refractivity contribution is -0.792. The van der Waals surface area contributed by atoms with Gasteiger partial charge in [-0.2, -0.15) is 9.28 Å². The lowest BCUT2D eigenvalue weighted by Gasteiger charge is -2.30. The Morgan fingerprint density at radius 3 is 2.58 bits per heavy atom. The molecule has 9 heteroatoms. The van der Waals surface area contributed by atoms with E-state index in [-0.39, 0.29) is 29.8 Å². The predicted octanol–water partition coefficient (Wildman–Crippen LogP) is 2.21. The van der Waals surface area contributed by atoms with Crippen molar-refractivity contribution in [1.29, 1.82) is 0 Å². The Morgan fingerprint density at radius 2 is 2.08 bits per heavy atom. The number of nitrogens with zero attached hydrogens (tertiary/aromatic N) is 3. The Hall–Kier alpha value is -2.13. The van der Waals surface area contributed by atoms with Gasteiger partial charge in [0, 0.05) is 26.0 Å². The van der Waals surface area contributed by atoms with Crippen LogP contribution in [0.1, 0.15) is 49.4 Å². The molecule has 0 bridgehead atoms. The van der Waals surface area contributed by atoms with Gasteiger partial charge in [-0.05, 0) is 19.9 Å². The molecule has 140 valence electrons. The molecule has 2 heterocycles. The van der Waals surface area contributed by atoms with Crippen molar-refractivity contribution in [3.05, 3.63) is 23.8 Å². The average Bonchev–Trinajstić information content (AvgIpc) is 2.95. The minimum atomic E-state index is -1.21. The number of carbonyl (C=O) groups is 4. The molecule has 26 heavy (non-hydrogen) atoms. The van der Waals surface area contributed by atoms with Crippen LogP contribution in [-0.2, 0) is 9.59 Å². The molecular formula is C17H22N3O5S+. The number of carbonyl (C=O) groups excluding carboxylic acids is 3. The zero-order chi connectivity index (χ0) is 19.5. The van der Waals surface area contributed by atoms with E-state index in [2.05, 4.69) is 9.97 Å². The van der Waals surface area contributed by atoms with Crippen molar-refractivity contribution in [2.45, 2.75) is 51.3 Å². The SMILES string of the molecule is CC(=O)SC(CC(=O)[N+]1(C(=O)O)CCC[C@H]1C)C(=O)c1ccnc(C)n1. The summed E-state index contributed by atoms with van der Waals surface area (Å²) in [6, 6.07) is 1.06. The Bertz CT molecular complexity index is 754. The second kappa shape index (κ2) is 8.05. The normalized spacial score (nSPS) is 23.4. The van der Waals surface area contributed by atoms with Crippen molar-refractivity contribution in [2.24, 2.45) is 0 Å². The summed E-state index contributed by atoms with van der Waals surface area (Å²) in [6.45, 7) is 4.86. The summed E-state index contributed by atoms with van der Waals surface area (Å²) in [4.78, 5) is 57.1. The minimum Gasteiger partial charge on any atom is -0.435 e. The fraction of sp³-hybridized carbons (Fsp3) is 0.529. The van der Waals surface area contributed by atoms with Gasteiger partial charge in [0.1, 0.15) is 17.6 Å². The maximum atomic E-state index is 12.9. The molecule has 2 rings (SSSR count). The summed E-state index contributed by atoms with van der Waals surface area (Å²) < 4.78 is -0.689. The van der Waals surface area contributed by atoms with Gasteiger partial charge in [-0.3, -0.25) is 9.59 Å². The number of aryl methyl sites for hydroxylation is 1. The highest BCUT2D eigenvalue weighted by molar-refractivity contribution is 8.14. The topological polar surface area (TPSA) is 114 Å². The maximum absolute atomic E-state index is 12.9. The molecule has 2 unspecified atom stereocenters. The van der Waals surface area contributed by atoms with Gasteiger partial charge in [-0.25, -0.2) is 14.8 Å². The second-order valence-corrected chi connectivity index (χ2v) is 7.80. The van der Waals surface area contributed by atoms with Crippen LogP contribution in [0.3, 0.4) is 0 Å². The van der Waals surface area contributed by atoms with E-state index in [0.29, 0.717) is 18.7 Å². The largest absolute Gasteiger partial charge is 0.521 e. The number of carboxylic acid groups (broad SMARTS) is 1. The lowest BCUT2D eigenvalue weighted by Crippen LogP contribution is -2.59. The van der Waals surface area contributed by atoms with Crippen molar-refractivity contribution in [3.63, 3.8) is 0 Å². The number of Topliss-reactive ketones (excluding diaryl/α,β-unsaturated/α-hetero) is 1. The highest BCUT2D eigenvalue weighted by atomic mass is 32.2. The van der Waals surface area contributed by atoms with Crippen LogP contribution in [0.5, 0.6) is 0 Å². The molecule has 1 aliphatic rings. The first-order chi connectivity index (χ1) is 12.2. The minimum absolute atomic E-state index is 0.111. The van der Waals surface area contributed by atoms with Gasteiger partial charge < -0.3 is 5.11 Å². The van der Waals surface area contributed by atoms with Crippen LogP contribution in [0, 0.1) is 6.92 Å². The smallest absolute Gasteiger partial charge is 0.435 e. The number of aromatic nitrogens is 2. The van der Waals surface area contributed by atoms with Crippen molar-refractivity contribution >= 4 is 34.7 Å². The van der Waals surface area contributed by atoms with Gasteiger partial charge in [0.15, 0.2) is 10.9 Å². The molecule has 1 aromatic heterocycles. The van der Waals surface area contributed by atoms with Crippen LogP contribution >= 0.6 is 11.8 Å². The number of hydrogen-bond donors (Lipinski definition) is 1. The van der Waals surface area contributed by atoms with E-state index in [1.54, 1.807) is 13.8 Å². The van der Waals surface area contributed by atoms with Crippen LogP contribution in [-0.4, -0.2) is 60.3 Å². The molecule has 1 fully saturated rings. The molecule has 8 nitrogen and oxygen atoms in total. The number of ketones is 1. The highest BCUT2D eigenvalue weighted by Gasteiger charge is 2.53. The van der Waals surface area contributed by atoms with Crippen LogP contribution in [0.25, 0.3) is 0 Å². The molecule has 3 atom stereocenters. The van der Waals surface area contributed by atoms with Crippen LogP contribution in [0.4, 0.5) is 4.79 Å². The van der Waals surface area contributed by atoms with Gasteiger partial charge in [-0.15, -0.1) is 0 Å². The summed E-state index contributed by atoms with van der Waals surface area (Å²) in [5.41, 5.74) is 0.111. The predicted molar refractivity (Wildman–Crippen MR) is 94.6 cm³/mol. The van der Waals surface area contributed by atoms with E-state index in [1.807, 2.05) is 0 Å². The summed E-state index contributed by atoms with van der Waals surface area (Å²) >= 11 is 0.735. The first-order valence-corrected chi connectivity index (χ1v) is 9.22. The van der Waals surface area contributed by atoms with E-state index in [9.17, 15) is 24.3 Å². The van der Waals surface area contributed by atoms with Gasteiger partial charge in [0.2, 0.25) is 0 Å². The van der Waals surface area contributed by atoms with Crippen molar-refractivity contribution < 1.29 is 28.8 Å². The summed E-state index contributed by atoms with van der Waals surface area (Å²) in [5.74, 6) is -0.629. The van der Waals surface area contributed by atoms with Crippen LogP contribution in [0.15, 0.2) is 12.3 Å². The van der Waals surface area contributed by atoms with Gasteiger partial charge in [-0.1, -0.05) is 11.8 Å². The zero-order valence-electron chi connectivity index (χ0n) is 15.0.